The minimum absolute atomic E-state index is 0.686. The second kappa shape index (κ2) is 7.56. The van der Waals surface area contributed by atoms with Gasteiger partial charge >= 0.3 is 0 Å². The Morgan fingerprint density at radius 3 is 2.42 bits per heavy atom. The van der Waals surface area contributed by atoms with Crippen LogP contribution in [-0.4, -0.2) is 19.6 Å². The van der Waals surface area contributed by atoms with Crippen molar-refractivity contribution in [2.24, 2.45) is 17.6 Å². The summed E-state index contributed by atoms with van der Waals surface area (Å²) < 4.78 is 0. The summed E-state index contributed by atoms with van der Waals surface area (Å²) in [5, 5.41) is 3.42. The summed E-state index contributed by atoms with van der Waals surface area (Å²) in [7, 11) is 0. The molecule has 0 aliphatic heterocycles. The molecular formula is C10H24N2. The third-order valence-electron chi connectivity index (χ3n) is 2.01. The van der Waals surface area contributed by atoms with Gasteiger partial charge in [0.15, 0.2) is 0 Å². The molecule has 0 rings (SSSR count). The van der Waals surface area contributed by atoms with E-state index >= 15 is 0 Å². The summed E-state index contributed by atoms with van der Waals surface area (Å²) in [4.78, 5) is 0. The summed E-state index contributed by atoms with van der Waals surface area (Å²) >= 11 is 0. The number of nitrogens with one attached hydrogen (secondary N) is 1. The topological polar surface area (TPSA) is 38.0 Å². The van der Waals surface area contributed by atoms with Gasteiger partial charge in [0.1, 0.15) is 0 Å². The van der Waals surface area contributed by atoms with Crippen LogP contribution in [0.3, 0.4) is 0 Å². The summed E-state index contributed by atoms with van der Waals surface area (Å²) in [6, 6.07) is 0. The molecule has 0 amide bonds. The Kier molecular flexibility index (Phi) is 7.51. The first-order valence-electron chi connectivity index (χ1n) is 5.07. The molecule has 3 N–H and O–H groups in total. The van der Waals surface area contributed by atoms with Gasteiger partial charge in [-0.05, 0) is 44.3 Å². The minimum atomic E-state index is 0.686. The molecule has 1 unspecified atom stereocenters. The number of nitrogens with two attached hydrogens (primary N) is 1. The van der Waals surface area contributed by atoms with Crippen LogP contribution in [0.4, 0.5) is 0 Å². The summed E-state index contributed by atoms with van der Waals surface area (Å²) in [6.45, 7) is 9.77. The zero-order valence-corrected chi connectivity index (χ0v) is 8.77. The molecule has 0 radical (unpaired) electrons. The molecule has 0 fully saturated rings. The van der Waals surface area contributed by atoms with E-state index in [0.29, 0.717) is 5.92 Å². The van der Waals surface area contributed by atoms with Crippen LogP contribution in [0.25, 0.3) is 0 Å². The summed E-state index contributed by atoms with van der Waals surface area (Å²) in [5.74, 6) is 1.45. The third kappa shape index (κ3) is 8.02. The highest BCUT2D eigenvalue weighted by atomic mass is 14.8. The zero-order chi connectivity index (χ0) is 9.40. The molecule has 0 saturated carbocycles. The van der Waals surface area contributed by atoms with Crippen LogP contribution in [0.5, 0.6) is 0 Å². The molecule has 0 aromatic carbocycles. The lowest BCUT2D eigenvalue weighted by Gasteiger charge is -2.09. The van der Waals surface area contributed by atoms with Crippen molar-refractivity contribution in [1.82, 2.24) is 5.32 Å². The molecule has 0 bridgehead atoms. The highest BCUT2D eigenvalue weighted by molar-refractivity contribution is 4.56. The maximum Gasteiger partial charge on any atom is -0.00258 e. The molecular weight excluding hydrogens is 148 g/mol. The molecule has 0 aliphatic rings. The molecule has 0 heterocycles. The van der Waals surface area contributed by atoms with Crippen molar-refractivity contribution < 1.29 is 0 Å². The Labute approximate surface area is 76.9 Å². The lowest BCUT2D eigenvalue weighted by atomic mass is 10.1. The van der Waals surface area contributed by atoms with Crippen molar-refractivity contribution in [3.8, 4) is 0 Å². The fourth-order valence-electron chi connectivity index (χ4n) is 1.08. The molecule has 0 saturated heterocycles. The van der Waals surface area contributed by atoms with Gasteiger partial charge in [-0.3, -0.25) is 0 Å². The third-order valence-corrected chi connectivity index (χ3v) is 2.01. The van der Waals surface area contributed by atoms with Crippen LogP contribution in [0.1, 0.15) is 33.6 Å². The second-order valence-corrected chi connectivity index (χ2v) is 4.08. The van der Waals surface area contributed by atoms with Crippen LogP contribution in [0.2, 0.25) is 0 Å². The molecule has 0 spiro atoms. The van der Waals surface area contributed by atoms with Gasteiger partial charge < -0.3 is 11.1 Å². The van der Waals surface area contributed by atoms with Gasteiger partial charge in [0.2, 0.25) is 0 Å². The quantitative estimate of drug-likeness (QED) is 0.573. The first kappa shape index (κ1) is 11.9. The van der Waals surface area contributed by atoms with E-state index in [1.165, 1.54) is 12.8 Å². The maximum absolute atomic E-state index is 5.51. The Bertz CT molecular complexity index is 91.8. The van der Waals surface area contributed by atoms with Gasteiger partial charge in [0, 0.05) is 0 Å². The lowest BCUT2D eigenvalue weighted by Crippen LogP contribution is -2.21. The van der Waals surface area contributed by atoms with Crippen molar-refractivity contribution >= 4 is 0 Å². The van der Waals surface area contributed by atoms with E-state index in [9.17, 15) is 0 Å². The Morgan fingerprint density at radius 1 is 1.25 bits per heavy atom. The van der Waals surface area contributed by atoms with Gasteiger partial charge in [-0.15, -0.1) is 0 Å². The van der Waals surface area contributed by atoms with E-state index in [0.717, 1.165) is 25.6 Å². The Balaban J connectivity index is 3.00. The van der Waals surface area contributed by atoms with E-state index in [4.69, 9.17) is 5.73 Å². The van der Waals surface area contributed by atoms with Gasteiger partial charge in [0.05, 0.1) is 0 Å². The Hall–Kier alpha value is -0.0800. The fourth-order valence-corrected chi connectivity index (χ4v) is 1.08. The normalized spacial score (nSPS) is 13.8. The molecule has 74 valence electrons. The average Bonchev–Trinajstić information content (AvgIpc) is 2.03. The summed E-state index contributed by atoms with van der Waals surface area (Å²) in [6.07, 6.45) is 2.51. The van der Waals surface area contributed by atoms with Crippen molar-refractivity contribution in [2.45, 2.75) is 33.6 Å². The van der Waals surface area contributed by atoms with E-state index in [2.05, 4.69) is 26.1 Å². The molecule has 0 aromatic rings. The van der Waals surface area contributed by atoms with E-state index in [1.807, 2.05) is 0 Å². The van der Waals surface area contributed by atoms with Crippen LogP contribution < -0.4 is 11.1 Å². The highest BCUT2D eigenvalue weighted by Crippen LogP contribution is 2.01. The Morgan fingerprint density at radius 2 is 1.92 bits per heavy atom. The van der Waals surface area contributed by atoms with E-state index in [1.54, 1.807) is 0 Å². The van der Waals surface area contributed by atoms with Crippen LogP contribution in [0.15, 0.2) is 0 Å². The first-order chi connectivity index (χ1) is 5.66. The number of hydrogen-bond acceptors (Lipinski definition) is 2. The predicted molar refractivity (Wildman–Crippen MR) is 55.2 cm³/mol. The lowest BCUT2D eigenvalue weighted by molar-refractivity contribution is 0.482. The maximum atomic E-state index is 5.51. The largest absolute Gasteiger partial charge is 0.330 e. The van der Waals surface area contributed by atoms with Gasteiger partial charge in [-0.2, -0.15) is 0 Å². The monoisotopic (exact) mass is 172 g/mol. The minimum Gasteiger partial charge on any atom is -0.330 e. The first-order valence-corrected chi connectivity index (χ1v) is 5.07. The second-order valence-electron chi connectivity index (χ2n) is 4.08. The zero-order valence-electron chi connectivity index (χ0n) is 8.77. The van der Waals surface area contributed by atoms with Crippen molar-refractivity contribution in [3.63, 3.8) is 0 Å². The van der Waals surface area contributed by atoms with Crippen LogP contribution in [-0.2, 0) is 0 Å². The van der Waals surface area contributed by atoms with Crippen LogP contribution >= 0.6 is 0 Å². The standard InChI is InChI=1S/C10H24N2/c1-9(2)8-12-6-4-5-10(3)7-11/h9-10,12H,4-8,11H2,1-3H3. The molecule has 12 heavy (non-hydrogen) atoms. The van der Waals surface area contributed by atoms with Gasteiger partial charge in [-0.1, -0.05) is 20.8 Å². The van der Waals surface area contributed by atoms with Gasteiger partial charge in [0.25, 0.3) is 0 Å². The molecule has 2 heteroatoms. The molecule has 0 aromatic heterocycles. The number of hydrogen-bond donors (Lipinski definition) is 2. The smallest absolute Gasteiger partial charge is 0.00258 e. The number of rotatable bonds is 7. The van der Waals surface area contributed by atoms with Crippen molar-refractivity contribution in [3.05, 3.63) is 0 Å². The molecule has 2 nitrogen and oxygen atoms in total. The average molecular weight is 172 g/mol. The van der Waals surface area contributed by atoms with Gasteiger partial charge in [-0.25, -0.2) is 0 Å². The molecule has 1 atom stereocenters. The van der Waals surface area contributed by atoms with Crippen molar-refractivity contribution in [1.29, 1.82) is 0 Å². The molecule has 0 aliphatic carbocycles. The van der Waals surface area contributed by atoms with E-state index in [-0.39, 0.29) is 0 Å². The fraction of sp³-hybridized carbons (Fsp3) is 1.00. The SMILES string of the molecule is CC(C)CNCCCC(C)CN. The van der Waals surface area contributed by atoms with Crippen molar-refractivity contribution in [2.75, 3.05) is 19.6 Å². The van der Waals surface area contributed by atoms with Crippen LogP contribution in [0, 0.1) is 11.8 Å². The predicted octanol–water partition coefficient (Wildman–Crippen LogP) is 1.61. The summed E-state index contributed by atoms with van der Waals surface area (Å²) in [5.41, 5.74) is 5.51. The van der Waals surface area contributed by atoms with E-state index < -0.39 is 0 Å². The highest BCUT2D eigenvalue weighted by Gasteiger charge is 1.98.